The molecule has 4 heteroatoms. The van der Waals surface area contributed by atoms with Crippen molar-refractivity contribution in [3.8, 4) is 0 Å². The number of fused-ring (bicyclic) bond motifs is 8. The van der Waals surface area contributed by atoms with Crippen molar-refractivity contribution in [1.82, 2.24) is 0 Å². The number of rotatable bonds is 6. The minimum absolute atomic E-state index is 0.170. The number of furan rings is 2. The molecule has 2 aromatic heterocycles. The van der Waals surface area contributed by atoms with Crippen molar-refractivity contribution in [1.29, 1.82) is 0 Å². The van der Waals surface area contributed by atoms with E-state index in [0.717, 1.165) is 78.1 Å². The van der Waals surface area contributed by atoms with Crippen molar-refractivity contribution < 1.29 is 8.83 Å². The van der Waals surface area contributed by atoms with Gasteiger partial charge in [0, 0.05) is 50.0 Å². The molecular weight excluding hydrogens is 661 g/mol. The highest BCUT2D eigenvalue weighted by Gasteiger charge is 2.24. The molecule has 2 heterocycles. The predicted molar refractivity (Wildman–Crippen MR) is 225 cm³/mol. The Balaban J connectivity index is 0.977. The molecule has 11 rings (SSSR count). The summed E-state index contributed by atoms with van der Waals surface area (Å²) in [5.74, 6) is 0. The molecule has 0 saturated heterocycles. The Hall–Kier alpha value is -7.04. The predicted octanol–water partition coefficient (Wildman–Crippen LogP) is 13.9. The van der Waals surface area contributed by atoms with Gasteiger partial charge >= 0.3 is 0 Å². The fraction of sp³-hybridized carbons (Fsp3) is 0.0400. The number of hydrogen-bond acceptors (Lipinski definition) is 4. The van der Waals surface area contributed by atoms with Crippen LogP contribution in [0.25, 0.3) is 60.7 Å². The van der Waals surface area contributed by atoms with E-state index in [1.54, 1.807) is 0 Å². The number of hydrogen-bond donors (Lipinski definition) is 0. The first-order chi connectivity index (χ1) is 26.7. The SMILES string of the molecule is C1=CC(N(c2ccccc2)c2ccccc2)Cc2cc3oc4cc5c(cc4c3cc21)oc1cc2cc(N(c3ccccc3)c3ccccc3)ccc2cc15. The molecule has 256 valence electrons. The largest absolute Gasteiger partial charge is 0.456 e. The summed E-state index contributed by atoms with van der Waals surface area (Å²) in [6, 6.07) is 62.4. The van der Waals surface area contributed by atoms with Gasteiger partial charge in [0.25, 0.3) is 0 Å². The van der Waals surface area contributed by atoms with Crippen LogP contribution >= 0.6 is 0 Å². The first kappa shape index (κ1) is 30.6. The molecule has 0 spiro atoms. The number of para-hydroxylation sites is 4. The van der Waals surface area contributed by atoms with Gasteiger partial charge in [0.15, 0.2) is 0 Å². The van der Waals surface area contributed by atoms with Crippen molar-refractivity contribution in [2.75, 3.05) is 9.80 Å². The third-order valence-electron chi connectivity index (χ3n) is 10.9. The molecule has 8 aromatic carbocycles. The fourth-order valence-corrected chi connectivity index (χ4v) is 8.35. The van der Waals surface area contributed by atoms with Crippen LogP contribution in [0.15, 0.2) is 191 Å². The van der Waals surface area contributed by atoms with E-state index in [9.17, 15) is 0 Å². The van der Waals surface area contributed by atoms with Crippen molar-refractivity contribution in [2.45, 2.75) is 12.5 Å². The van der Waals surface area contributed by atoms with Gasteiger partial charge in [-0.15, -0.1) is 0 Å². The molecule has 0 bridgehead atoms. The van der Waals surface area contributed by atoms with E-state index < -0.39 is 0 Å². The highest BCUT2D eigenvalue weighted by Crippen LogP contribution is 2.42. The van der Waals surface area contributed by atoms with Gasteiger partial charge in [-0.1, -0.05) is 91.0 Å². The number of benzene rings is 8. The Morgan fingerprint density at radius 2 is 0.907 bits per heavy atom. The van der Waals surface area contributed by atoms with Gasteiger partial charge in [0.2, 0.25) is 0 Å². The summed E-state index contributed by atoms with van der Waals surface area (Å²) < 4.78 is 13.3. The summed E-state index contributed by atoms with van der Waals surface area (Å²) in [4.78, 5) is 4.72. The molecule has 10 aromatic rings. The molecule has 1 aliphatic carbocycles. The Morgan fingerprint density at radius 3 is 1.50 bits per heavy atom. The van der Waals surface area contributed by atoms with Gasteiger partial charge in [-0.3, -0.25) is 0 Å². The maximum Gasteiger partial charge on any atom is 0.136 e. The Labute approximate surface area is 312 Å². The van der Waals surface area contributed by atoms with Gasteiger partial charge in [-0.2, -0.15) is 0 Å². The summed E-state index contributed by atoms with van der Waals surface area (Å²) in [5, 5.41) is 6.60. The van der Waals surface area contributed by atoms with Crippen molar-refractivity contribution in [3.63, 3.8) is 0 Å². The maximum atomic E-state index is 6.64. The van der Waals surface area contributed by atoms with Crippen LogP contribution in [0, 0.1) is 0 Å². The third kappa shape index (κ3) is 5.07. The van der Waals surface area contributed by atoms with Crippen LogP contribution in [-0.4, -0.2) is 6.04 Å². The number of nitrogens with zero attached hydrogens (tertiary/aromatic N) is 2. The molecule has 1 atom stereocenters. The molecule has 0 aliphatic heterocycles. The summed E-state index contributed by atoms with van der Waals surface area (Å²) in [5.41, 5.74) is 11.7. The lowest BCUT2D eigenvalue weighted by Crippen LogP contribution is -2.32. The normalized spacial score (nSPS) is 14.0. The fourth-order valence-electron chi connectivity index (χ4n) is 8.35. The number of anilines is 5. The van der Waals surface area contributed by atoms with E-state index in [0.29, 0.717) is 0 Å². The molecule has 0 radical (unpaired) electrons. The van der Waals surface area contributed by atoms with Crippen LogP contribution in [0.3, 0.4) is 0 Å². The molecule has 0 saturated carbocycles. The van der Waals surface area contributed by atoms with Gasteiger partial charge in [-0.05, 0) is 125 Å². The standard InChI is InChI=1S/C50H34N2O2/c1-5-13-37(14-6-1)51(38-15-7-2-8-16-38)41-23-21-33-27-43-45-31-50-46(32-49(45)53-47(43)29-35(33)25-41)44-28-34-22-24-42(26-36(34)30-48(44)54-50)52(39-17-9-3-10-18-39)40-19-11-4-12-20-40/h1-25,27-32,42H,26H2. The van der Waals surface area contributed by atoms with E-state index in [1.807, 2.05) is 0 Å². The second-order valence-electron chi connectivity index (χ2n) is 14.2. The van der Waals surface area contributed by atoms with E-state index in [2.05, 4.69) is 198 Å². The molecule has 54 heavy (non-hydrogen) atoms. The van der Waals surface area contributed by atoms with Crippen LogP contribution < -0.4 is 9.80 Å². The van der Waals surface area contributed by atoms with Gasteiger partial charge < -0.3 is 18.6 Å². The van der Waals surface area contributed by atoms with E-state index in [4.69, 9.17) is 8.83 Å². The second kappa shape index (κ2) is 12.3. The highest BCUT2D eigenvalue weighted by molar-refractivity contribution is 6.17. The zero-order valence-electron chi connectivity index (χ0n) is 29.4. The average molecular weight is 695 g/mol. The molecule has 0 N–H and O–H groups in total. The summed E-state index contributed by atoms with van der Waals surface area (Å²) in [6.45, 7) is 0. The third-order valence-corrected chi connectivity index (χ3v) is 10.9. The Kier molecular flexibility index (Phi) is 6.96. The Morgan fingerprint density at radius 1 is 0.407 bits per heavy atom. The van der Waals surface area contributed by atoms with E-state index >= 15 is 0 Å². The van der Waals surface area contributed by atoms with Gasteiger partial charge in [-0.25, -0.2) is 0 Å². The lowest BCUT2D eigenvalue weighted by Gasteiger charge is -2.34. The quantitative estimate of drug-likeness (QED) is 0.173. The summed E-state index contributed by atoms with van der Waals surface area (Å²) in [7, 11) is 0. The summed E-state index contributed by atoms with van der Waals surface area (Å²) >= 11 is 0. The van der Waals surface area contributed by atoms with Crippen LogP contribution in [0.5, 0.6) is 0 Å². The lowest BCUT2D eigenvalue weighted by molar-refractivity contribution is 0.663. The summed E-state index contributed by atoms with van der Waals surface area (Å²) in [6.07, 6.45) is 5.48. The second-order valence-corrected chi connectivity index (χ2v) is 14.2. The topological polar surface area (TPSA) is 32.8 Å². The zero-order valence-corrected chi connectivity index (χ0v) is 29.4. The molecule has 0 amide bonds. The van der Waals surface area contributed by atoms with Crippen LogP contribution in [0.4, 0.5) is 28.4 Å². The monoisotopic (exact) mass is 694 g/mol. The minimum atomic E-state index is 0.170. The smallest absolute Gasteiger partial charge is 0.136 e. The maximum absolute atomic E-state index is 6.64. The van der Waals surface area contributed by atoms with E-state index in [-0.39, 0.29) is 6.04 Å². The van der Waals surface area contributed by atoms with Gasteiger partial charge in [0.1, 0.15) is 22.3 Å². The molecular formula is C50H34N2O2. The van der Waals surface area contributed by atoms with Crippen molar-refractivity contribution in [2.24, 2.45) is 0 Å². The van der Waals surface area contributed by atoms with Crippen molar-refractivity contribution >= 4 is 89.2 Å². The van der Waals surface area contributed by atoms with Crippen molar-refractivity contribution in [3.05, 3.63) is 193 Å². The van der Waals surface area contributed by atoms with Crippen LogP contribution in [0.1, 0.15) is 11.1 Å². The van der Waals surface area contributed by atoms with Crippen LogP contribution in [0.2, 0.25) is 0 Å². The highest BCUT2D eigenvalue weighted by atomic mass is 16.3. The van der Waals surface area contributed by atoms with Gasteiger partial charge in [0.05, 0.1) is 6.04 Å². The lowest BCUT2D eigenvalue weighted by atomic mass is 9.91. The zero-order chi connectivity index (χ0) is 35.6. The minimum Gasteiger partial charge on any atom is -0.456 e. The molecule has 1 aliphatic rings. The van der Waals surface area contributed by atoms with Crippen LogP contribution in [-0.2, 0) is 6.42 Å². The molecule has 0 fully saturated rings. The first-order valence-corrected chi connectivity index (χ1v) is 18.5. The first-order valence-electron chi connectivity index (χ1n) is 18.5. The molecule has 4 nitrogen and oxygen atoms in total. The average Bonchev–Trinajstić information content (AvgIpc) is 3.75. The molecule has 1 unspecified atom stereocenters. The Bertz CT molecular complexity index is 2940. The van der Waals surface area contributed by atoms with E-state index in [1.165, 1.54) is 22.5 Å².